The van der Waals surface area contributed by atoms with Gasteiger partial charge in [-0.3, -0.25) is 14.4 Å². The lowest BCUT2D eigenvalue weighted by Gasteiger charge is -2.35. The molecule has 152 valence electrons. The molecule has 2 fully saturated rings. The van der Waals surface area contributed by atoms with Gasteiger partial charge in [0.2, 0.25) is 0 Å². The van der Waals surface area contributed by atoms with Gasteiger partial charge in [-0.1, -0.05) is 30.3 Å². The maximum atomic E-state index is 12.9. The first-order chi connectivity index (χ1) is 14.1. The van der Waals surface area contributed by atoms with Gasteiger partial charge in [-0.15, -0.1) is 0 Å². The minimum absolute atomic E-state index is 0.0135. The highest BCUT2D eigenvalue weighted by atomic mass is 16.5. The van der Waals surface area contributed by atoms with E-state index in [1.807, 2.05) is 30.3 Å². The number of rotatable bonds is 4. The van der Waals surface area contributed by atoms with Crippen LogP contribution in [0.1, 0.15) is 28.8 Å². The summed E-state index contributed by atoms with van der Waals surface area (Å²) in [5.74, 6) is -0.263. The number of piperazine rings is 1. The first-order valence-corrected chi connectivity index (χ1v) is 10.1. The van der Waals surface area contributed by atoms with E-state index < -0.39 is 0 Å². The van der Waals surface area contributed by atoms with Gasteiger partial charge in [0.05, 0.1) is 6.54 Å². The fraction of sp³-hybridized carbons (Fsp3) is 0.409. The molecule has 29 heavy (non-hydrogen) atoms. The van der Waals surface area contributed by atoms with Crippen molar-refractivity contribution in [2.24, 2.45) is 0 Å². The van der Waals surface area contributed by atoms with Gasteiger partial charge in [-0.05, 0) is 30.5 Å². The molecule has 2 saturated heterocycles. The highest BCUT2D eigenvalue weighted by Crippen LogP contribution is 2.16. The molecule has 1 atom stereocenters. The fourth-order valence-electron chi connectivity index (χ4n) is 3.88. The van der Waals surface area contributed by atoms with E-state index >= 15 is 0 Å². The predicted octanol–water partition coefficient (Wildman–Crippen LogP) is 1.36. The number of benzene rings is 1. The predicted molar refractivity (Wildman–Crippen MR) is 108 cm³/mol. The van der Waals surface area contributed by atoms with Gasteiger partial charge < -0.3 is 19.1 Å². The average molecular weight is 395 g/mol. The molecule has 2 aliphatic heterocycles. The minimum Gasteiger partial charge on any atom is -0.368 e. The van der Waals surface area contributed by atoms with E-state index in [1.54, 1.807) is 32.7 Å². The molecule has 0 aliphatic carbocycles. The van der Waals surface area contributed by atoms with Gasteiger partial charge in [-0.25, -0.2) is 0 Å². The van der Waals surface area contributed by atoms with Crippen molar-refractivity contribution in [2.75, 3.05) is 32.8 Å². The smallest absolute Gasteiger partial charge is 0.263 e. The molecule has 7 nitrogen and oxygen atoms in total. The van der Waals surface area contributed by atoms with Crippen molar-refractivity contribution in [3.63, 3.8) is 0 Å². The van der Waals surface area contributed by atoms with Gasteiger partial charge >= 0.3 is 0 Å². The van der Waals surface area contributed by atoms with E-state index in [0.29, 0.717) is 39.3 Å². The molecule has 0 bridgehead atoms. The van der Waals surface area contributed by atoms with Crippen molar-refractivity contribution in [2.45, 2.75) is 25.5 Å². The molecule has 2 amide bonds. The summed E-state index contributed by atoms with van der Waals surface area (Å²) in [4.78, 5) is 41.7. The van der Waals surface area contributed by atoms with Crippen LogP contribution < -0.4 is 5.56 Å². The molecular weight excluding hydrogens is 370 g/mol. The summed E-state index contributed by atoms with van der Waals surface area (Å²) in [5, 5.41) is 0. The second-order valence-corrected chi connectivity index (χ2v) is 7.46. The number of amides is 2. The topological polar surface area (TPSA) is 71.9 Å². The van der Waals surface area contributed by atoms with E-state index in [2.05, 4.69) is 0 Å². The molecular formula is C22H25N3O4. The van der Waals surface area contributed by atoms with Crippen LogP contribution in [0.25, 0.3) is 0 Å². The molecule has 1 aromatic carbocycles. The van der Waals surface area contributed by atoms with Gasteiger partial charge in [0.25, 0.3) is 17.4 Å². The summed E-state index contributed by atoms with van der Waals surface area (Å²) in [5.41, 5.74) is 0.877. The lowest BCUT2D eigenvalue weighted by atomic mass is 10.1. The standard InChI is InChI=1S/C22H25N3O4/c26-20(23-11-13-24(14-12-23)22(28)19-9-5-15-29-19)18-8-4-10-25(21(18)27)16-17-6-2-1-3-7-17/h1-4,6-8,10,19H,5,9,11-16H2. The molecule has 4 rings (SSSR count). The summed E-state index contributed by atoms with van der Waals surface area (Å²) >= 11 is 0. The quantitative estimate of drug-likeness (QED) is 0.784. The Hall–Kier alpha value is -2.93. The van der Waals surface area contributed by atoms with Crippen molar-refractivity contribution in [1.82, 2.24) is 14.4 Å². The van der Waals surface area contributed by atoms with Gasteiger partial charge in [-0.2, -0.15) is 0 Å². The number of carbonyl (C=O) groups is 2. The molecule has 1 aromatic heterocycles. The van der Waals surface area contributed by atoms with E-state index in [4.69, 9.17) is 4.74 Å². The number of pyridine rings is 1. The normalized spacial score (nSPS) is 19.4. The Balaban J connectivity index is 1.42. The van der Waals surface area contributed by atoms with E-state index in [1.165, 1.54) is 0 Å². The Bertz CT molecular complexity index is 927. The third-order valence-corrected chi connectivity index (χ3v) is 5.53. The Morgan fingerprint density at radius 2 is 1.69 bits per heavy atom. The Labute approximate surface area is 169 Å². The molecule has 0 radical (unpaired) electrons. The number of hydrogen-bond donors (Lipinski definition) is 0. The van der Waals surface area contributed by atoms with Crippen LogP contribution in [-0.4, -0.2) is 65.1 Å². The van der Waals surface area contributed by atoms with Crippen molar-refractivity contribution in [1.29, 1.82) is 0 Å². The van der Waals surface area contributed by atoms with E-state index in [0.717, 1.165) is 18.4 Å². The minimum atomic E-state index is -0.337. The summed E-state index contributed by atoms with van der Waals surface area (Å²) in [6, 6.07) is 13.0. The Morgan fingerprint density at radius 1 is 0.966 bits per heavy atom. The first kappa shape index (κ1) is 19.4. The molecule has 7 heteroatoms. The van der Waals surface area contributed by atoms with Crippen LogP contribution in [0.5, 0.6) is 0 Å². The van der Waals surface area contributed by atoms with Crippen LogP contribution >= 0.6 is 0 Å². The second kappa shape index (κ2) is 8.61. The van der Waals surface area contributed by atoms with Crippen LogP contribution in [0.3, 0.4) is 0 Å². The number of aromatic nitrogens is 1. The first-order valence-electron chi connectivity index (χ1n) is 10.1. The highest BCUT2D eigenvalue weighted by Gasteiger charge is 2.32. The van der Waals surface area contributed by atoms with Gasteiger partial charge in [0.1, 0.15) is 11.7 Å². The van der Waals surface area contributed by atoms with Crippen LogP contribution in [0.15, 0.2) is 53.5 Å². The van der Waals surface area contributed by atoms with Crippen LogP contribution in [-0.2, 0) is 16.1 Å². The molecule has 3 heterocycles. The summed E-state index contributed by atoms with van der Waals surface area (Å²) < 4.78 is 7.03. The summed E-state index contributed by atoms with van der Waals surface area (Å²) in [6.07, 6.45) is 3.04. The molecule has 1 unspecified atom stereocenters. The highest BCUT2D eigenvalue weighted by molar-refractivity contribution is 5.94. The lowest BCUT2D eigenvalue weighted by molar-refractivity contribution is -0.142. The average Bonchev–Trinajstić information content (AvgIpc) is 3.30. The Kier molecular flexibility index (Phi) is 5.76. The zero-order valence-electron chi connectivity index (χ0n) is 16.3. The van der Waals surface area contributed by atoms with Crippen molar-refractivity contribution >= 4 is 11.8 Å². The molecule has 0 N–H and O–H groups in total. The SMILES string of the molecule is O=C(c1cccn(Cc2ccccc2)c1=O)N1CCN(C(=O)C2CCCO2)CC1. The zero-order chi connectivity index (χ0) is 20.2. The van der Waals surface area contributed by atoms with Crippen LogP contribution in [0.4, 0.5) is 0 Å². The molecule has 0 saturated carbocycles. The fourth-order valence-corrected chi connectivity index (χ4v) is 3.88. The summed E-state index contributed by atoms with van der Waals surface area (Å²) in [7, 11) is 0. The maximum Gasteiger partial charge on any atom is 0.263 e. The van der Waals surface area contributed by atoms with Gasteiger partial charge in [0, 0.05) is 39.0 Å². The van der Waals surface area contributed by atoms with Crippen LogP contribution in [0, 0.1) is 0 Å². The molecule has 0 spiro atoms. The van der Waals surface area contributed by atoms with E-state index in [-0.39, 0.29) is 29.0 Å². The van der Waals surface area contributed by atoms with Crippen molar-refractivity contribution < 1.29 is 14.3 Å². The number of ether oxygens (including phenoxy) is 1. The van der Waals surface area contributed by atoms with Crippen molar-refractivity contribution in [3.05, 3.63) is 70.1 Å². The van der Waals surface area contributed by atoms with E-state index in [9.17, 15) is 14.4 Å². The zero-order valence-corrected chi connectivity index (χ0v) is 16.3. The lowest BCUT2D eigenvalue weighted by Crippen LogP contribution is -2.53. The number of carbonyl (C=O) groups excluding carboxylic acids is 2. The third-order valence-electron chi connectivity index (χ3n) is 5.53. The molecule has 2 aliphatic rings. The Morgan fingerprint density at radius 3 is 2.38 bits per heavy atom. The number of hydrogen-bond acceptors (Lipinski definition) is 4. The second-order valence-electron chi connectivity index (χ2n) is 7.46. The summed E-state index contributed by atoms with van der Waals surface area (Å²) in [6.45, 7) is 2.84. The van der Waals surface area contributed by atoms with Crippen molar-refractivity contribution in [3.8, 4) is 0 Å². The third kappa shape index (κ3) is 4.24. The van der Waals surface area contributed by atoms with Crippen LogP contribution in [0.2, 0.25) is 0 Å². The molecule has 2 aromatic rings. The monoisotopic (exact) mass is 395 g/mol. The largest absolute Gasteiger partial charge is 0.368 e. The number of nitrogens with zero attached hydrogens (tertiary/aromatic N) is 3. The van der Waals surface area contributed by atoms with Gasteiger partial charge in [0.15, 0.2) is 0 Å². The maximum absolute atomic E-state index is 12.9.